The first-order valence-electron chi connectivity index (χ1n) is 3.95. The van der Waals surface area contributed by atoms with E-state index in [0.29, 0.717) is 18.9 Å². The van der Waals surface area contributed by atoms with E-state index < -0.39 is 12.6 Å². The van der Waals surface area contributed by atoms with Gasteiger partial charge in [-0.25, -0.2) is 0 Å². The zero-order valence-corrected chi connectivity index (χ0v) is 6.82. The molecule has 1 aliphatic rings. The van der Waals surface area contributed by atoms with Crippen LogP contribution in [0.15, 0.2) is 0 Å². The molecule has 0 aliphatic carbocycles. The maximum Gasteiger partial charge on any atom is 0.524 e. The Kier molecular flexibility index (Phi) is 2.95. The lowest BCUT2D eigenvalue weighted by Crippen LogP contribution is -2.42. The van der Waals surface area contributed by atoms with Gasteiger partial charge in [0.2, 0.25) is 0 Å². The largest absolute Gasteiger partial charge is 0.524 e. The lowest BCUT2D eigenvalue weighted by atomic mass is 10.0. The molecule has 12 heavy (non-hydrogen) atoms. The lowest BCUT2D eigenvalue weighted by molar-refractivity contribution is -0.348. The van der Waals surface area contributed by atoms with Gasteiger partial charge in [-0.15, -0.1) is 13.2 Å². The molecular formula is C7H12F3NO. The van der Waals surface area contributed by atoms with Crippen LogP contribution >= 0.6 is 0 Å². The summed E-state index contributed by atoms with van der Waals surface area (Å²) >= 11 is 0. The highest BCUT2D eigenvalue weighted by molar-refractivity contribution is 4.69. The van der Waals surface area contributed by atoms with E-state index in [4.69, 9.17) is 0 Å². The molecule has 72 valence electrons. The topological polar surface area (TPSA) is 21.3 Å². The molecule has 0 aromatic carbocycles. The summed E-state index contributed by atoms with van der Waals surface area (Å²) in [4.78, 5) is 0. The highest BCUT2D eigenvalue weighted by Gasteiger charge is 2.34. The molecule has 5 heteroatoms. The quantitative estimate of drug-likeness (QED) is 0.670. The van der Waals surface area contributed by atoms with E-state index in [-0.39, 0.29) is 0 Å². The van der Waals surface area contributed by atoms with E-state index in [1.165, 1.54) is 0 Å². The molecule has 2 atom stereocenters. The van der Waals surface area contributed by atoms with Crippen molar-refractivity contribution in [3.63, 3.8) is 0 Å². The second-order valence-corrected chi connectivity index (χ2v) is 3.14. The van der Waals surface area contributed by atoms with Crippen LogP contribution in [-0.4, -0.2) is 19.1 Å². The van der Waals surface area contributed by atoms with Crippen LogP contribution in [-0.2, 0) is 4.74 Å². The van der Waals surface area contributed by atoms with Gasteiger partial charge < -0.3 is 0 Å². The highest BCUT2D eigenvalue weighted by Crippen LogP contribution is 2.22. The number of ether oxygens (including phenoxy) is 1. The standard InChI is InChI=1S/C7H12F3NO/c1-5-2-3-6(11-4-5)12-7(8,9)10/h5-6,11H,2-4H2,1H3. The van der Waals surface area contributed by atoms with E-state index in [1.54, 1.807) is 0 Å². The molecule has 0 spiro atoms. The van der Waals surface area contributed by atoms with E-state index >= 15 is 0 Å². The maximum atomic E-state index is 11.7. The van der Waals surface area contributed by atoms with Crippen molar-refractivity contribution in [1.82, 2.24) is 5.32 Å². The number of piperidine rings is 1. The molecule has 1 heterocycles. The third-order valence-electron chi connectivity index (χ3n) is 1.89. The summed E-state index contributed by atoms with van der Waals surface area (Å²) in [6, 6.07) is 0. The molecule has 1 fully saturated rings. The van der Waals surface area contributed by atoms with Crippen LogP contribution in [0.1, 0.15) is 19.8 Å². The first-order valence-corrected chi connectivity index (χ1v) is 3.95. The van der Waals surface area contributed by atoms with Crippen molar-refractivity contribution in [2.45, 2.75) is 32.4 Å². The van der Waals surface area contributed by atoms with Crippen LogP contribution < -0.4 is 5.32 Å². The normalized spacial score (nSPS) is 32.0. The molecule has 0 aromatic heterocycles. The fraction of sp³-hybridized carbons (Fsp3) is 1.00. The van der Waals surface area contributed by atoms with Crippen LogP contribution in [0, 0.1) is 5.92 Å². The van der Waals surface area contributed by atoms with Gasteiger partial charge in [0.05, 0.1) is 0 Å². The van der Waals surface area contributed by atoms with Gasteiger partial charge in [0.1, 0.15) is 6.23 Å². The second kappa shape index (κ2) is 3.62. The molecule has 1 N–H and O–H groups in total. The first-order chi connectivity index (χ1) is 5.47. The highest BCUT2D eigenvalue weighted by atomic mass is 19.4. The molecular weight excluding hydrogens is 171 g/mol. The summed E-state index contributed by atoms with van der Waals surface area (Å²) in [6.45, 7) is 2.59. The average molecular weight is 183 g/mol. The predicted octanol–water partition coefficient (Wildman–Crippen LogP) is 1.87. The first kappa shape index (κ1) is 9.80. The Morgan fingerprint density at radius 3 is 2.42 bits per heavy atom. The summed E-state index contributed by atoms with van der Waals surface area (Å²) in [6.07, 6.45) is -4.15. The summed E-state index contributed by atoms with van der Waals surface area (Å²) in [5, 5.41) is 2.68. The Labute approximate surface area is 69.1 Å². The number of halogens is 3. The summed E-state index contributed by atoms with van der Waals surface area (Å²) in [7, 11) is 0. The van der Waals surface area contributed by atoms with E-state index in [1.807, 2.05) is 6.92 Å². The summed E-state index contributed by atoms with van der Waals surface area (Å²) in [5.41, 5.74) is 0. The fourth-order valence-electron chi connectivity index (χ4n) is 1.23. The van der Waals surface area contributed by atoms with Gasteiger partial charge in [-0.05, 0) is 18.8 Å². The molecule has 1 saturated heterocycles. The van der Waals surface area contributed by atoms with Crippen molar-refractivity contribution < 1.29 is 17.9 Å². The number of rotatable bonds is 1. The van der Waals surface area contributed by atoms with Gasteiger partial charge >= 0.3 is 6.36 Å². The molecule has 0 radical (unpaired) electrons. The molecule has 0 bridgehead atoms. The van der Waals surface area contributed by atoms with Crippen LogP contribution in [0.3, 0.4) is 0 Å². The minimum absolute atomic E-state index is 0.431. The van der Waals surface area contributed by atoms with Crippen LogP contribution in [0.5, 0.6) is 0 Å². The molecule has 0 saturated carbocycles. The Morgan fingerprint density at radius 1 is 1.33 bits per heavy atom. The van der Waals surface area contributed by atoms with Gasteiger partial charge in [0.25, 0.3) is 0 Å². The SMILES string of the molecule is CC1CCC(OC(F)(F)F)NC1. The van der Waals surface area contributed by atoms with Crippen LogP contribution in [0.2, 0.25) is 0 Å². The molecule has 2 nitrogen and oxygen atoms in total. The van der Waals surface area contributed by atoms with Crippen molar-refractivity contribution in [3.8, 4) is 0 Å². The molecule has 1 aliphatic heterocycles. The maximum absolute atomic E-state index is 11.7. The van der Waals surface area contributed by atoms with Crippen molar-refractivity contribution in [1.29, 1.82) is 0 Å². The van der Waals surface area contributed by atoms with Crippen molar-refractivity contribution >= 4 is 0 Å². The third-order valence-corrected chi connectivity index (χ3v) is 1.89. The van der Waals surface area contributed by atoms with E-state index in [0.717, 1.165) is 6.42 Å². The predicted molar refractivity (Wildman–Crippen MR) is 37.3 cm³/mol. The summed E-state index contributed by atoms with van der Waals surface area (Å²) < 4.78 is 38.8. The number of hydrogen-bond acceptors (Lipinski definition) is 2. The smallest absolute Gasteiger partial charge is 0.292 e. The van der Waals surface area contributed by atoms with Gasteiger partial charge in [0, 0.05) is 6.54 Å². The Morgan fingerprint density at radius 2 is 2.00 bits per heavy atom. The summed E-state index contributed by atoms with van der Waals surface area (Å²) in [5.74, 6) is 0.443. The van der Waals surface area contributed by atoms with Gasteiger partial charge in [-0.1, -0.05) is 6.92 Å². The van der Waals surface area contributed by atoms with E-state index in [9.17, 15) is 13.2 Å². The minimum atomic E-state index is -4.52. The molecule has 2 unspecified atom stereocenters. The van der Waals surface area contributed by atoms with Crippen molar-refractivity contribution in [2.75, 3.05) is 6.54 Å². The number of nitrogens with one attached hydrogen (secondary N) is 1. The Bertz CT molecular complexity index is 140. The van der Waals surface area contributed by atoms with Crippen LogP contribution in [0.4, 0.5) is 13.2 Å². The number of alkyl halides is 3. The molecule has 0 amide bonds. The molecule has 1 rings (SSSR count). The Balaban J connectivity index is 2.26. The Hall–Kier alpha value is -0.290. The van der Waals surface area contributed by atoms with Gasteiger partial charge in [-0.2, -0.15) is 0 Å². The second-order valence-electron chi connectivity index (χ2n) is 3.14. The minimum Gasteiger partial charge on any atom is -0.292 e. The van der Waals surface area contributed by atoms with E-state index in [2.05, 4.69) is 10.1 Å². The van der Waals surface area contributed by atoms with Crippen molar-refractivity contribution in [3.05, 3.63) is 0 Å². The van der Waals surface area contributed by atoms with Crippen LogP contribution in [0.25, 0.3) is 0 Å². The third kappa shape index (κ3) is 3.40. The zero-order chi connectivity index (χ0) is 9.19. The number of hydrogen-bond donors (Lipinski definition) is 1. The monoisotopic (exact) mass is 183 g/mol. The molecule has 0 aromatic rings. The zero-order valence-electron chi connectivity index (χ0n) is 6.82. The average Bonchev–Trinajstić information content (AvgIpc) is 1.91. The fourth-order valence-corrected chi connectivity index (χ4v) is 1.23. The lowest BCUT2D eigenvalue weighted by Gasteiger charge is -2.28. The van der Waals surface area contributed by atoms with Crippen molar-refractivity contribution in [2.24, 2.45) is 5.92 Å². The van der Waals surface area contributed by atoms with Gasteiger partial charge in [0.15, 0.2) is 0 Å². The van der Waals surface area contributed by atoms with Gasteiger partial charge in [-0.3, -0.25) is 10.1 Å².